The second-order valence-corrected chi connectivity index (χ2v) is 2.71. The van der Waals surface area contributed by atoms with Crippen LogP contribution in [0.25, 0.3) is 0 Å². The average molecular weight is 211 g/mol. The summed E-state index contributed by atoms with van der Waals surface area (Å²) in [5.41, 5.74) is 5.97. The van der Waals surface area contributed by atoms with Crippen molar-refractivity contribution >= 4 is 5.84 Å². The fourth-order valence-electron chi connectivity index (χ4n) is 0.935. The molecule has 0 aliphatic heterocycles. The second kappa shape index (κ2) is 5.82. The van der Waals surface area contributed by atoms with Crippen molar-refractivity contribution in [3.63, 3.8) is 0 Å². The maximum atomic E-state index is 8.47. The Morgan fingerprint density at radius 1 is 1.60 bits per heavy atom. The third-order valence-electron chi connectivity index (χ3n) is 1.68. The quantitative estimate of drug-likeness (QED) is 0.239. The molecule has 15 heavy (non-hydrogen) atoms. The van der Waals surface area contributed by atoms with Gasteiger partial charge in [0, 0.05) is 24.9 Å². The van der Waals surface area contributed by atoms with Crippen LogP contribution in [0.15, 0.2) is 23.5 Å². The number of ether oxygens (including phenoxy) is 2. The summed E-state index contributed by atoms with van der Waals surface area (Å²) >= 11 is 0. The van der Waals surface area contributed by atoms with Gasteiger partial charge in [0.2, 0.25) is 5.88 Å². The lowest BCUT2D eigenvalue weighted by Gasteiger charge is -2.05. The number of nitrogens with two attached hydrogens (primary N) is 1. The molecule has 0 bridgehead atoms. The molecule has 0 unspecified atom stereocenters. The van der Waals surface area contributed by atoms with Crippen LogP contribution in [0.4, 0.5) is 0 Å². The van der Waals surface area contributed by atoms with Crippen LogP contribution < -0.4 is 10.5 Å². The maximum Gasteiger partial charge on any atom is 0.213 e. The third kappa shape index (κ3) is 3.43. The summed E-state index contributed by atoms with van der Waals surface area (Å²) in [6.45, 7) is 0.888. The van der Waals surface area contributed by atoms with Gasteiger partial charge in [-0.3, -0.25) is 0 Å². The molecule has 1 rings (SSSR count). The number of rotatable bonds is 5. The van der Waals surface area contributed by atoms with E-state index in [1.807, 2.05) is 0 Å². The average Bonchev–Trinajstić information content (AvgIpc) is 2.29. The molecule has 0 atom stereocenters. The zero-order valence-electron chi connectivity index (χ0n) is 8.38. The molecule has 3 N–H and O–H groups in total. The number of amidine groups is 1. The van der Waals surface area contributed by atoms with Crippen LogP contribution in [0, 0.1) is 0 Å². The summed E-state index contributed by atoms with van der Waals surface area (Å²) in [7, 11) is 1.59. The summed E-state index contributed by atoms with van der Waals surface area (Å²) in [6.07, 6.45) is 1.52. The molecule has 0 spiro atoms. The van der Waals surface area contributed by atoms with Gasteiger partial charge in [-0.2, -0.15) is 0 Å². The minimum Gasteiger partial charge on any atom is -0.475 e. The molecule has 0 aromatic carbocycles. The van der Waals surface area contributed by atoms with Gasteiger partial charge < -0.3 is 20.4 Å². The van der Waals surface area contributed by atoms with Crippen molar-refractivity contribution in [2.75, 3.05) is 20.3 Å². The van der Waals surface area contributed by atoms with Gasteiger partial charge in [0.05, 0.1) is 6.61 Å². The van der Waals surface area contributed by atoms with E-state index in [2.05, 4.69) is 10.1 Å². The van der Waals surface area contributed by atoms with Crippen molar-refractivity contribution in [2.24, 2.45) is 10.9 Å². The summed E-state index contributed by atoms with van der Waals surface area (Å²) in [6, 6.07) is 3.21. The van der Waals surface area contributed by atoms with Crippen LogP contribution >= 0.6 is 0 Å². The van der Waals surface area contributed by atoms with Crippen molar-refractivity contribution in [3.8, 4) is 5.88 Å². The van der Waals surface area contributed by atoms with E-state index in [1.54, 1.807) is 19.2 Å². The molecule has 0 aliphatic carbocycles. The molecule has 0 amide bonds. The molecule has 0 saturated carbocycles. The zero-order chi connectivity index (χ0) is 11.1. The molecule has 1 aromatic heterocycles. The summed E-state index contributed by atoms with van der Waals surface area (Å²) in [5.74, 6) is 0.435. The van der Waals surface area contributed by atoms with Crippen LogP contribution in [-0.4, -0.2) is 36.4 Å². The first-order valence-electron chi connectivity index (χ1n) is 4.33. The Labute approximate surface area is 87.3 Å². The molecule has 0 fully saturated rings. The number of methoxy groups -OCH3 is 1. The van der Waals surface area contributed by atoms with Crippen molar-refractivity contribution in [1.29, 1.82) is 0 Å². The number of hydrogen-bond acceptors (Lipinski definition) is 5. The molecule has 6 heteroatoms. The molecule has 0 saturated heterocycles. The van der Waals surface area contributed by atoms with Crippen molar-refractivity contribution < 1.29 is 14.7 Å². The third-order valence-corrected chi connectivity index (χ3v) is 1.68. The van der Waals surface area contributed by atoms with Gasteiger partial charge in [0.15, 0.2) is 5.84 Å². The van der Waals surface area contributed by atoms with E-state index in [0.29, 0.717) is 24.7 Å². The van der Waals surface area contributed by atoms with Crippen LogP contribution in [0.2, 0.25) is 0 Å². The van der Waals surface area contributed by atoms with E-state index in [9.17, 15) is 0 Å². The number of aromatic nitrogens is 1. The largest absolute Gasteiger partial charge is 0.475 e. The van der Waals surface area contributed by atoms with Gasteiger partial charge in [-0.15, -0.1) is 0 Å². The molecule has 0 aliphatic rings. The molecule has 6 nitrogen and oxygen atoms in total. The van der Waals surface area contributed by atoms with Crippen molar-refractivity contribution in [2.45, 2.75) is 0 Å². The van der Waals surface area contributed by atoms with Gasteiger partial charge in [0.1, 0.15) is 6.61 Å². The summed E-state index contributed by atoms with van der Waals surface area (Å²) < 4.78 is 10.1. The fourth-order valence-corrected chi connectivity index (χ4v) is 0.935. The lowest BCUT2D eigenvalue weighted by Crippen LogP contribution is -2.13. The molecule has 82 valence electrons. The Morgan fingerprint density at radius 3 is 3.07 bits per heavy atom. The molecule has 1 heterocycles. The lowest BCUT2D eigenvalue weighted by atomic mass is 10.2. The van der Waals surface area contributed by atoms with Crippen molar-refractivity contribution in [3.05, 3.63) is 23.9 Å². The zero-order valence-corrected chi connectivity index (χ0v) is 8.38. The normalized spacial score (nSPS) is 11.4. The minimum absolute atomic E-state index is 0.0222. The topological polar surface area (TPSA) is 90.0 Å². The number of pyridine rings is 1. The first-order chi connectivity index (χ1) is 7.27. The first-order valence-corrected chi connectivity index (χ1v) is 4.33. The number of nitrogens with zero attached hydrogens (tertiary/aromatic N) is 2. The van der Waals surface area contributed by atoms with E-state index in [4.69, 9.17) is 20.4 Å². The Kier molecular flexibility index (Phi) is 4.36. The van der Waals surface area contributed by atoms with Gasteiger partial charge in [-0.1, -0.05) is 5.16 Å². The molecular weight excluding hydrogens is 198 g/mol. The van der Waals surface area contributed by atoms with E-state index < -0.39 is 0 Å². The molecule has 0 radical (unpaired) electrons. The van der Waals surface area contributed by atoms with Crippen LogP contribution in [0.3, 0.4) is 0 Å². The molecule has 1 aromatic rings. The van der Waals surface area contributed by atoms with Gasteiger partial charge in [-0.05, 0) is 6.07 Å². The fraction of sp³-hybridized carbons (Fsp3) is 0.333. The smallest absolute Gasteiger partial charge is 0.213 e. The predicted octanol–water partition coefficient (Wildman–Crippen LogP) is 0.201. The highest BCUT2D eigenvalue weighted by Gasteiger charge is 2.01. The lowest BCUT2D eigenvalue weighted by molar-refractivity contribution is 0.143. The second-order valence-electron chi connectivity index (χ2n) is 2.71. The van der Waals surface area contributed by atoms with E-state index in [-0.39, 0.29) is 5.84 Å². The van der Waals surface area contributed by atoms with E-state index >= 15 is 0 Å². The summed E-state index contributed by atoms with van der Waals surface area (Å²) in [4.78, 5) is 3.96. The van der Waals surface area contributed by atoms with Gasteiger partial charge in [0.25, 0.3) is 0 Å². The Bertz CT molecular complexity index is 341. The summed E-state index contributed by atoms with van der Waals surface area (Å²) in [5, 5.41) is 11.4. The Morgan fingerprint density at radius 2 is 2.40 bits per heavy atom. The number of oxime groups is 1. The van der Waals surface area contributed by atoms with E-state index in [1.165, 1.54) is 6.20 Å². The highest BCUT2D eigenvalue weighted by Crippen LogP contribution is 2.08. The predicted molar refractivity (Wildman–Crippen MR) is 54.1 cm³/mol. The minimum atomic E-state index is 0.0222. The standard InChI is InChI=1S/C9H13N3O3/c1-14-4-5-15-8-6-7(2-3-11-8)9(10)12-13/h2-3,6,13H,4-5H2,1H3,(H2,10,12). The SMILES string of the molecule is COCCOc1cc(/C(N)=N/O)ccn1. The first kappa shape index (κ1) is 11.3. The Hall–Kier alpha value is -1.82. The highest BCUT2D eigenvalue weighted by molar-refractivity contribution is 5.97. The van der Waals surface area contributed by atoms with Crippen molar-refractivity contribution in [1.82, 2.24) is 4.98 Å². The van der Waals surface area contributed by atoms with E-state index in [0.717, 1.165) is 0 Å². The number of hydrogen-bond donors (Lipinski definition) is 2. The highest BCUT2D eigenvalue weighted by atomic mass is 16.5. The molecular formula is C9H13N3O3. The van der Waals surface area contributed by atoms with Gasteiger partial charge >= 0.3 is 0 Å². The van der Waals surface area contributed by atoms with Crippen LogP contribution in [0.5, 0.6) is 5.88 Å². The van der Waals surface area contributed by atoms with Gasteiger partial charge in [-0.25, -0.2) is 4.98 Å². The Balaban J connectivity index is 2.66. The van der Waals surface area contributed by atoms with Crippen LogP contribution in [-0.2, 0) is 4.74 Å². The van der Waals surface area contributed by atoms with Crippen LogP contribution in [0.1, 0.15) is 5.56 Å². The monoisotopic (exact) mass is 211 g/mol. The maximum absolute atomic E-state index is 8.47.